The van der Waals surface area contributed by atoms with Crippen molar-refractivity contribution >= 4 is 11.6 Å². The number of nitrogens with zero attached hydrogens (tertiary/aromatic N) is 3. The van der Waals surface area contributed by atoms with Gasteiger partial charge in [-0.05, 0) is 29.2 Å². The molecule has 0 saturated heterocycles. The van der Waals surface area contributed by atoms with Crippen molar-refractivity contribution in [2.75, 3.05) is 25.6 Å². The molecule has 1 rings (SSSR count). The fourth-order valence-electron chi connectivity index (χ4n) is 1.51. The molecule has 7 nitrogen and oxygen atoms in total. The van der Waals surface area contributed by atoms with Crippen LogP contribution in [0.2, 0.25) is 0 Å². The summed E-state index contributed by atoms with van der Waals surface area (Å²) < 4.78 is 6.56. The molecule has 0 amide bonds. The monoisotopic (exact) mass is 242 g/mol. The van der Waals surface area contributed by atoms with Crippen molar-refractivity contribution in [3.8, 4) is 0 Å². The summed E-state index contributed by atoms with van der Waals surface area (Å²) >= 11 is 0. The Labute approximate surface area is 99.9 Å². The molecule has 7 heteroatoms. The first kappa shape index (κ1) is 13.4. The number of ether oxygens (including phenoxy) is 1. The van der Waals surface area contributed by atoms with Crippen LogP contribution in [-0.4, -0.2) is 34.7 Å². The molecule has 1 N–H and O–H groups in total. The highest BCUT2D eigenvalue weighted by Crippen LogP contribution is 2.20. The number of aryl methyl sites for hydroxylation is 1. The Morgan fingerprint density at radius 3 is 2.94 bits per heavy atom. The van der Waals surface area contributed by atoms with Crippen molar-refractivity contribution in [1.82, 2.24) is 9.55 Å². The van der Waals surface area contributed by atoms with Gasteiger partial charge in [-0.2, -0.15) is 0 Å². The van der Waals surface area contributed by atoms with Crippen molar-refractivity contribution in [3.05, 3.63) is 16.4 Å². The zero-order chi connectivity index (χ0) is 12.7. The van der Waals surface area contributed by atoms with Gasteiger partial charge in [-0.3, -0.25) is 4.57 Å². The molecule has 1 aromatic heterocycles. The first-order valence-corrected chi connectivity index (χ1v) is 5.55. The Morgan fingerprint density at radius 2 is 2.29 bits per heavy atom. The largest absolute Gasteiger partial charge is 0.406 e. The van der Waals surface area contributed by atoms with E-state index in [0.717, 1.165) is 25.9 Å². The second-order valence-corrected chi connectivity index (χ2v) is 3.77. The third-order valence-corrected chi connectivity index (χ3v) is 2.41. The molecule has 17 heavy (non-hydrogen) atoms. The number of unbranched alkanes of at least 4 members (excludes halogenated alkanes) is 2. The third-order valence-electron chi connectivity index (χ3n) is 2.41. The fraction of sp³-hybridized carbons (Fsp3) is 0.700. The van der Waals surface area contributed by atoms with Crippen LogP contribution in [0.1, 0.15) is 19.3 Å². The van der Waals surface area contributed by atoms with Gasteiger partial charge in [0.05, 0.1) is 0 Å². The van der Waals surface area contributed by atoms with Gasteiger partial charge in [-0.15, -0.1) is 0 Å². The lowest BCUT2D eigenvalue weighted by Crippen LogP contribution is -2.07. The quantitative estimate of drug-likeness (QED) is 0.425. The lowest BCUT2D eigenvalue weighted by molar-refractivity contribution is -0.388. The van der Waals surface area contributed by atoms with Crippen LogP contribution in [0, 0.1) is 10.1 Å². The van der Waals surface area contributed by atoms with Gasteiger partial charge in [-0.1, -0.05) is 0 Å². The van der Waals surface area contributed by atoms with Crippen LogP contribution in [0.15, 0.2) is 6.33 Å². The third kappa shape index (κ3) is 4.03. The lowest BCUT2D eigenvalue weighted by atomic mass is 10.2. The summed E-state index contributed by atoms with van der Waals surface area (Å²) in [6.45, 7) is 1.45. The fourth-order valence-corrected chi connectivity index (χ4v) is 1.51. The molecule has 0 saturated carbocycles. The number of imidazole rings is 1. The first-order chi connectivity index (χ1) is 8.16. The van der Waals surface area contributed by atoms with E-state index < -0.39 is 4.92 Å². The average Bonchev–Trinajstić information content (AvgIpc) is 2.65. The topological polar surface area (TPSA) is 82.2 Å². The number of hydrogen-bond donors (Lipinski definition) is 1. The van der Waals surface area contributed by atoms with Gasteiger partial charge in [0.1, 0.15) is 0 Å². The number of hydrogen-bond acceptors (Lipinski definition) is 5. The Kier molecular flexibility index (Phi) is 5.41. The number of nitro groups is 1. The maximum absolute atomic E-state index is 10.7. The molecule has 0 radical (unpaired) electrons. The molecular formula is C10H18N4O3. The van der Waals surface area contributed by atoms with Gasteiger partial charge in [0.2, 0.25) is 12.1 Å². The van der Waals surface area contributed by atoms with Crippen molar-refractivity contribution in [1.29, 1.82) is 0 Å². The highest BCUT2D eigenvalue weighted by molar-refractivity contribution is 5.51. The van der Waals surface area contributed by atoms with Crippen molar-refractivity contribution in [2.45, 2.75) is 19.3 Å². The standard InChI is InChI=1S/C10H18N4O3/c1-13-8-12-10(14(15)16)9(13)11-6-4-3-5-7-17-2/h8,11H,3-7H2,1-2H3. The first-order valence-electron chi connectivity index (χ1n) is 5.55. The van der Waals surface area contributed by atoms with E-state index in [4.69, 9.17) is 4.74 Å². The van der Waals surface area contributed by atoms with E-state index >= 15 is 0 Å². The predicted octanol–water partition coefficient (Wildman–Crippen LogP) is 1.56. The summed E-state index contributed by atoms with van der Waals surface area (Å²) in [5, 5.41) is 13.7. The zero-order valence-corrected chi connectivity index (χ0v) is 10.2. The van der Waals surface area contributed by atoms with E-state index in [1.54, 1.807) is 18.7 Å². The van der Waals surface area contributed by atoms with Gasteiger partial charge in [-0.25, -0.2) is 0 Å². The molecule has 0 aromatic carbocycles. The molecule has 0 spiro atoms. The molecule has 0 aliphatic heterocycles. The zero-order valence-electron chi connectivity index (χ0n) is 10.2. The molecule has 96 valence electrons. The highest BCUT2D eigenvalue weighted by atomic mass is 16.6. The average molecular weight is 242 g/mol. The maximum Gasteiger partial charge on any atom is 0.406 e. The lowest BCUT2D eigenvalue weighted by Gasteiger charge is -2.05. The summed E-state index contributed by atoms with van der Waals surface area (Å²) in [5.41, 5.74) is 0. The summed E-state index contributed by atoms with van der Waals surface area (Å²) in [6.07, 6.45) is 4.43. The number of aromatic nitrogens is 2. The number of methoxy groups -OCH3 is 1. The van der Waals surface area contributed by atoms with Gasteiger partial charge in [0.15, 0.2) is 0 Å². The van der Waals surface area contributed by atoms with Crippen LogP contribution in [0.4, 0.5) is 11.6 Å². The smallest absolute Gasteiger partial charge is 0.385 e. The minimum atomic E-state index is -0.479. The molecule has 0 bridgehead atoms. The van der Waals surface area contributed by atoms with Crippen LogP contribution < -0.4 is 5.32 Å². The van der Waals surface area contributed by atoms with Crippen molar-refractivity contribution in [3.63, 3.8) is 0 Å². The van der Waals surface area contributed by atoms with E-state index in [9.17, 15) is 10.1 Å². The van der Waals surface area contributed by atoms with Crippen molar-refractivity contribution in [2.24, 2.45) is 7.05 Å². The van der Waals surface area contributed by atoms with Gasteiger partial charge >= 0.3 is 5.82 Å². The minimum Gasteiger partial charge on any atom is -0.385 e. The van der Waals surface area contributed by atoms with Gasteiger partial charge < -0.3 is 20.2 Å². The predicted molar refractivity (Wildman–Crippen MR) is 64.1 cm³/mol. The SMILES string of the molecule is COCCCCCNc1c([N+](=O)[O-])ncn1C. The Hall–Kier alpha value is -1.63. The Morgan fingerprint density at radius 1 is 1.53 bits per heavy atom. The minimum absolute atomic E-state index is 0.121. The normalized spacial score (nSPS) is 10.5. The van der Waals surface area contributed by atoms with Crippen LogP contribution in [0.5, 0.6) is 0 Å². The van der Waals surface area contributed by atoms with Crippen LogP contribution in [0.3, 0.4) is 0 Å². The van der Waals surface area contributed by atoms with E-state index in [2.05, 4.69) is 10.3 Å². The highest BCUT2D eigenvalue weighted by Gasteiger charge is 2.18. The van der Waals surface area contributed by atoms with E-state index in [-0.39, 0.29) is 5.82 Å². The van der Waals surface area contributed by atoms with Gasteiger partial charge in [0.25, 0.3) is 0 Å². The van der Waals surface area contributed by atoms with Crippen molar-refractivity contribution < 1.29 is 9.66 Å². The second-order valence-electron chi connectivity index (χ2n) is 3.77. The van der Waals surface area contributed by atoms with Gasteiger partial charge in [0, 0.05) is 27.3 Å². The number of rotatable bonds is 8. The number of anilines is 1. The van der Waals surface area contributed by atoms with Crippen LogP contribution >= 0.6 is 0 Å². The Bertz CT molecular complexity index is 364. The summed E-state index contributed by atoms with van der Waals surface area (Å²) in [4.78, 5) is 13.9. The molecule has 1 aromatic rings. The molecule has 0 aliphatic carbocycles. The molecule has 0 unspecified atom stereocenters. The summed E-state index contributed by atoms with van der Waals surface area (Å²) in [6, 6.07) is 0. The maximum atomic E-state index is 10.7. The molecule has 1 heterocycles. The van der Waals surface area contributed by atoms with Crippen LogP contribution in [-0.2, 0) is 11.8 Å². The number of nitrogens with one attached hydrogen (secondary N) is 1. The molecular weight excluding hydrogens is 224 g/mol. The van der Waals surface area contributed by atoms with E-state index in [1.807, 2.05) is 0 Å². The molecule has 0 fully saturated rings. The summed E-state index contributed by atoms with van der Waals surface area (Å²) in [5.74, 6) is 0.339. The molecule has 0 aliphatic rings. The van der Waals surface area contributed by atoms with Crippen LogP contribution in [0.25, 0.3) is 0 Å². The Balaban J connectivity index is 2.36. The van der Waals surface area contributed by atoms with E-state index in [1.165, 1.54) is 6.33 Å². The second kappa shape index (κ2) is 6.85. The summed E-state index contributed by atoms with van der Waals surface area (Å²) in [7, 11) is 3.41. The molecule has 0 atom stereocenters. The van der Waals surface area contributed by atoms with E-state index in [0.29, 0.717) is 12.4 Å².